The molecule has 0 aromatic heterocycles. The maximum absolute atomic E-state index is 11.4. The van der Waals surface area contributed by atoms with Gasteiger partial charge in [0.25, 0.3) is 0 Å². The summed E-state index contributed by atoms with van der Waals surface area (Å²) in [5, 5.41) is 11.7. The Bertz CT molecular complexity index is 403. The number of carboxylic acid groups (broad SMARTS) is 1. The van der Waals surface area contributed by atoms with Crippen molar-refractivity contribution in [3.8, 4) is 0 Å². The number of aliphatic carboxylic acids is 1. The van der Waals surface area contributed by atoms with Crippen LogP contribution in [0, 0.1) is 0 Å². The molecule has 0 aliphatic heterocycles. The Morgan fingerprint density at radius 1 is 1.35 bits per heavy atom. The van der Waals surface area contributed by atoms with Gasteiger partial charge in [0.1, 0.15) is 6.04 Å². The molecule has 1 aromatic rings. The summed E-state index contributed by atoms with van der Waals surface area (Å²) in [5.74, 6) is -1.31. The molecule has 1 rings (SSSR count). The number of hydrogen-bond acceptors (Lipinski definition) is 2. The van der Waals surface area contributed by atoms with E-state index in [0.29, 0.717) is 11.4 Å². The number of rotatable bonds is 5. The largest absolute Gasteiger partial charge is 0.480 e. The van der Waals surface area contributed by atoms with Crippen LogP contribution in [0.15, 0.2) is 24.3 Å². The second kappa shape index (κ2) is 6.25. The zero-order valence-corrected chi connectivity index (χ0v) is 10.2. The minimum Gasteiger partial charge on any atom is -0.480 e. The summed E-state index contributed by atoms with van der Waals surface area (Å²) in [5.41, 5.74) is 0.993. The van der Waals surface area contributed by atoms with Crippen LogP contribution in [0.3, 0.4) is 0 Å². The average molecular weight is 256 g/mol. The van der Waals surface area contributed by atoms with Gasteiger partial charge in [0.05, 0.1) is 0 Å². The molecular formula is C12H14ClNO3. The second-order valence-corrected chi connectivity index (χ2v) is 4.19. The first-order chi connectivity index (χ1) is 7.99. The number of carbonyl (C=O) groups excluding carboxylic acids is 1. The van der Waals surface area contributed by atoms with Crippen molar-refractivity contribution >= 4 is 23.5 Å². The van der Waals surface area contributed by atoms with Crippen LogP contribution in [0.1, 0.15) is 18.9 Å². The molecule has 0 saturated heterocycles. The molecule has 2 N–H and O–H groups in total. The monoisotopic (exact) mass is 255 g/mol. The minimum atomic E-state index is -1.04. The molecule has 0 aliphatic carbocycles. The lowest BCUT2D eigenvalue weighted by atomic mass is 10.1. The molecule has 0 spiro atoms. The Morgan fingerprint density at radius 2 is 1.94 bits per heavy atom. The fourth-order valence-electron chi connectivity index (χ4n) is 1.28. The SMILES string of the molecule is CC(NC(=O)CCc1ccc(Cl)cc1)C(=O)O. The van der Waals surface area contributed by atoms with Crippen LogP contribution in [0.5, 0.6) is 0 Å². The standard InChI is InChI=1S/C12H14ClNO3/c1-8(12(16)17)14-11(15)7-4-9-2-5-10(13)6-3-9/h2-3,5-6,8H,4,7H2,1H3,(H,14,15)(H,16,17). The van der Waals surface area contributed by atoms with Crippen LogP contribution in [0.25, 0.3) is 0 Å². The van der Waals surface area contributed by atoms with Gasteiger partial charge in [0.2, 0.25) is 5.91 Å². The molecule has 0 bridgehead atoms. The molecular weight excluding hydrogens is 242 g/mol. The summed E-state index contributed by atoms with van der Waals surface area (Å²) in [4.78, 5) is 21.9. The first-order valence-electron chi connectivity index (χ1n) is 5.25. The lowest BCUT2D eigenvalue weighted by molar-refractivity contribution is -0.141. The normalized spacial score (nSPS) is 11.9. The van der Waals surface area contributed by atoms with E-state index in [1.165, 1.54) is 6.92 Å². The second-order valence-electron chi connectivity index (χ2n) is 3.75. The van der Waals surface area contributed by atoms with Gasteiger partial charge in [0, 0.05) is 11.4 Å². The van der Waals surface area contributed by atoms with Crippen molar-refractivity contribution in [1.82, 2.24) is 5.32 Å². The Balaban J connectivity index is 2.38. The molecule has 0 saturated carbocycles. The number of amides is 1. The number of benzene rings is 1. The Hall–Kier alpha value is -1.55. The van der Waals surface area contributed by atoms with E-state index in [4.69, 9.17) is 16.7 Å². The van der Waals surface area contributed by atoms with Gasteiger partial charge in [0.15, 0.2) is 0 Å². The molecule has 5 heteroatoms. The van der Waals surface area contributed by atoms with Crippen LogP contribution < -0.4 is 5.32 Å². The van der Waals surface area contributed by atoms with Gasteiger partial charge in [-0.25, -0.2) is 0 Å². The molecule has 1 amide bonds. The van der Waals surface area contributed by atoms with E-state index < -0.39 is 12.0 Å². The van der Waals surface area contributed by atoms with E-state index in [0.717, 1.165) is 5.56 Å². The summed E-state index contributed by atoms with van der Waals surface area (Å²) in [6.07, 6.45) is 0.828. The van der Waals surface area contributed by atoms with Gasteiger partial charge in [-0.05, 0) is 31.0 Å². The van der Waals surface area contributed by atoms with Gasteiger partial charge in [-0.15, -0.1) is 0 Å². The molecule has 1 aromatic carbocycles. The van der Waals surface area contributed by atoms with Crippen LogP contribution in [0.4, 0.5) is 0 Å². The topological polar surface area (TPSA) is 66.4 Å². The first-order valence-corrected chi connectivity index (χ1v) is 5.63. The van der Waals surface area contributed by atoms with E-state index >= 15 is 0 Å². The van der Waals surface area contributed by atoms with Crippen LogP contribution in [-0.2, 0) is 16.0 Å². The Morgan fingerprint density at radius 3 is 2.47 bits per heavy atom. The quantitative estimate of drug-likeness (QED) is 0.844. The Kier molecular flexibility index (Phi) is 4.97. The molecule has 0 heterocycles. The van der Waals surface area contributed by atoms with Crippen LogP contribution in [-0.4, -0.2) is 23.0 Å². The molecule has 92 valence electrons. The number of nitrogens with one attached hydrogen (secondary N) is 1. The van der Waals surface area contributed by atoms with Gasteiger partial charge in [-0.3, -0.25) is 9.59 Å². The highest BCUT2D eigenvalue weighted by atomic mass is 35.5. The molecule has 1 unspecified atom stereocenters. The maximum atomic E-state index is 11.4. The summed E-state index contributed by atoms with van der Waals surface area (Å²) in [7, 11) is 0. The summed E-state index contributed by atoms with van der Waals surface area (Å²) < 4.78 is 0. The van der Waals surface area contributed by atoms with Crippen LogP contribution in [0.2, 0.25) is 5.02 Å². The van der Waals surface area contributed by atoms with Crippen molar-refractivity contribution in [3.63, 3.8) is 0 Å². The highest BCUT2D eigenvalue weighted by molar-refractivity contribution is 6.30. The molecule has 0 aliphatic rings. The zero-order valence-electron chi connectivity index (χ0n) is 9.44. The summed E-state index contributed by atoms with van der Waals surface area (Å²) in [6.45, 7) is 1.43. The van der Waals surface area contributed by atoms with Gasteiger partial charge in [-0.1, -0.05) is 23.7 Å². The molecule has 4 nitrogen and oxygen atoms in total. The number of carbonyl (C=O) groups is 2. The summed E-state index contributed by atoms with van der Waals surface area (Å²) in [6, 6.07) is 6.35. The highest BCUT2D eigenvalue weighted by Gasteiger charge is 2.13. The van der Waals surface area contributed by atoms with Crippen LogP contribution >= 0.6 is 11.6 Å². The van der Waals surface area contributed by atoms with E-state index in [2.05, 4.69) is 5.32 Å². The summed E-state index contributed by atoms with van der Waals surface area (Å²) >= 11 is 5.73. The molecule has 1 atom stereocenters. The van der Waals surface area contributed by atoms with Crippen molar-refractivity contribution in [2.24, 2.45) is 0 Å². The first kappa shape index (κ1) is 13.5. The zero-order chi connectivity index (χ0) is 12.8. The molecule has 0 fully saturated rings. The minimum absolute atomic E-state index is 0.263. The van der Waals surface area contributed by atoms with Crippen molar-refractivity contribution in [3.05, 3.63) is 34.9 Å². The van der Waals surface area contributed by atoms with E-state index in [9.17, 15) is 9.59 Å². The predicted octanol–water partition coefficient (Wildman–Crippen LogP) is 1.86. The van der Waals surface area contributed by atoms with Gasteiger partial charge >= 0.3 is 5.97 Å². The number of halogens is 1. The lowest BCUT2D eigenvalue weighted by Gasteiger charge is -2.08. The third-order valence-electron chi connectivity index (χ3n) is 2.30. The molecule has 0 radical (unpaired) electrons. The fourth-order valence-corrected chi connectivity index (χ4v) is 1.41. The third-order valence-corrected chi connectivity index (χ3v) is 2.55. The van der Waals surface area contributed by atoms with Crippen molar-refractivity contribution in [1.29, 1.82) is 0 Å². The highest BCUT2D eigenvalue weighted by Crippen LogP contribution is 2.10. The number of carboxylic acids is 1. The maximum Gasteiger partial charge on any atom is 0.325 e. The van der Waals surface area contributed by atoms with Crippen molar-refractivity contribution in [2.45, 2.75) is 25.8 Å². The smallest absolute Gasteiger partial charge is 0.325 e. The molecule has 17 heavy (non-hydrogen) atoms. The third kappa shape index (κ3) is 4.87. The van der Waals surface area contributed by atoms with E-state index in [-0.39, 0.29) is 12.3 Å². The lowest BCUT2D eigenvalue weighted by Crippen LogP contribution is -2.38. The van der Waals surface area contributed by atoms with Gasteiger partial charge in [-0.2, -0.15) is 0 Å². The Labute approximate surface area is 105 Å². The number of hydrogen-bond donors (Lipinski definition) is 2. The van der Waals surface area contributed by atoms with E-state index in [1.54, 1.807) is 12.1 Å². The van der Waals surface area contributed by atoms with E-state index in [1.807, 2.05) is 12.1 Å². The van der Waals surface area contributed by atoms with Gasteiger partial charge < -0.3 is 10.4 Å². The number of aryl methyl sites for hydroxylation is 1. The fraction of sp³-hybridized carbons (Fsp3) is 0.333. The predicted molar refractivity (Wildman–Crippen MR) is 65.0 cm³/mol. The van der Waals surface area contributed by atoms with Crippen molar-refractivity contribution < 1.29 is 14.7 Å². The average Bonchev–Trinajstić information content (AvgIpc) is 2.28. The van der Waals surface area contributed by atoms with Crippen molar-refractivity contribution in [2.75, 3.05) is 0 Å².